The van der Waals surface area contributed by atoms with Gasteiger partial charge in [-0.3, -0.25) is 0 Å². The van der Waals surface area contributed by atoms with Crippen LogP contribution in [0.5, 0.6) is 5.75 Å². The van der Waals surface area contributed by atoms with Gasteiger partial charge in [-0.15, -0.1) is 0 Å². The summed E-state index contributed by atoms with van der Waals surface area (Å²) in [6.45, 7) is 1.87. The standard InChI is InChI=1S/C24H20Cl2N2O/c1-28-10-9-17-18(13-28)23(15-11-19(25)24(29-2)20(26)12-15)27-21-8-7-14-5-3-4-6-16(14)22(17)21/h3-8,11-12H,9-10,13H2,1-2H3. The Hall–Kier alpha value is -2.33. The molecule has 0 aliphatic carbocycles. The maximum atomic E-state index is 6.45. The van der Waals surface area contributed by atoms with Gasteiger partial charge in [0.25, 0.3) is 0 Å². The molecule has 0 spiro atoms. The van der Waals surface area contributed by atoms with Crippen LogP contribution in [0.15, 0.2) is 48.5 Å². The molecular weight excluding hydrogens is 403 g/mol. The fourth-order valence-electron chi connectivity index (χ4n) is 4.38. The lowest BCUT2D eigenvalue weighted by Gasteiger charge is -2.28. The summed E-state index contributed by atoms with van der Waals surface area (Å²) < 4.78 is 5.32. The highest BCUT2D eigenvalue weighted by molar-refractivity contribution is 6.37. The molecule has 0 bridgehead atoms. The summed E-state index contributed by atoms with van der Waals surface area (Å²) in [7, 11) is 3.72. The number of benzene rings is 3. The highest BCUT2D eigenvalue weighted by atomic mass is 35.5. The van der Waals surface area contributed by atoms with Crippen molar-refractivity contribution in [1.29, 1.82) is 0 Å². The number of hydrogen-bond donors (Lipinski definition) is 0. The van der Waals surface area contributed by atoms with Crippen LogP contribution in [0.3, 0.4) is 0 Å². The van der Waals surface area contributed by atoms with Crippen molar-refractivity contribution in [3.8, 4) is 17.0 Å². The van der Waals surface area contributed by atoms with Crippen molar-refractivity contribution in [3.05, 3.63) is 69.7 Å². The lowest BCUT2D eigenvalue weighted by molar-refractivity contribution is 0.314. The largest absolute Gasteiger partial charge is 0.494 e. The van der Waals surface area contributed by atoms with Crippen LogP contribution in [-0.4, -0.2) is 30.6 Å². The van der Waals surface area contributed by atoms with E-state index in [1.54, 1.807) is 7.11 Å². The van der Waals surface area contributed by atoms with Gasteiger partial charge in [0.15, 0.2) is 5.75 Å². The quantitative estimate of drug-likeness (QED) is 0.351. The van der Waals surface area contributed by atoms with Crippen molar-refractivity contribution in [2.45, 2.75) is 13.0 Å². The summed E-state index contributed by atoms with van der Waals surface area (Å²) >= 11 is 12.9. The zero-order valence-electron chi connectivity index (χ0n) is 16.3. The normalized spacial score (nSPS) is 14.3. The van der Waals surface area contributed by atoms with Crippen LogP contribution < -0.4 is 4.74 Å². The number of nitrogens with zero attached hydrogens (tertiary/aromatic N) is 2. The van der Waals surface area contributed by atoms with Gasteiger partial charge >= 0.3 is 0 Å². The molecular formula is C24H20Cl2N2O. The Balaban J connectivity index is 1.86. The first-order valence-corrected chi connectivity index (χ1v) is 10.4. The minimum absolute atomic E-state index is 0.494. The van der Waals surface area contributed by atoms with E-state index in [0.717, 1.165) is 36.3 Å². The van der Waals surface area contributed by atoms with Crippen molar-refractivity contribution in [3.63, 3.8) is 0 Å². The molecule has 0 fully saturated rings. The van der Waals surface area contributed by atoms with Crippen LogP contribution in [0.4, 0.5) is 0 Å². The number of pyridine rings is 1. The van der Waals surface area contributed by atoms with E-state index in [1.807, 2.05) is 12.1 Å². The van der Waals surface area contributed by atoms with Gasteiger partial charge < -0.3 is 9.64 Å². The maximum Gasteiger partial charge on any atom is 0.156 e. The summed E-state index contributed by atoms with van der Waals surface area (Å²) in [5, 5.41) is 4.75. The number of halogens is 2. The lowest BCUT2D eigenvalue weighted by atomic mass is 9.89. The molecule has 2 heterocycles. The number of hydrogen-bond acceptors (Lipinski definition) is 3. The smallest absolute Gasteiger partial charge is 0.156 e. The van der Waals surface area contributed by atoms with E-state index < -0.39 is 0 Å². The number of ether oxygens (including phenoxy) is 1. The molecule has 0 saturated heterocycles. The highest BCUT2D eigenvalue weighted by Crippen LogP contribution is 2.41. The average Bonchev–Trinajstić information content (AvgIpc) is 2.72. The van der Waals surface area contributed by atoms with Gasteiger partial charge in [-0.25, -0.2) is 4.98 Å². The number of fused-ring (bicyclic) bond motifs is 5. The molecule has 0 N–H and O–H groups in total. The zero-order valence-corrected chi connectivity index (χ0v) is 17.8. The van der Waals surface area contributed by atoms with Gasteiger partial charge in [-0.05, 0) is 53.6 Å². The van der Waals surface area contributed by atoms with E-state index in [1.165, 1.54) is 27.3 Å². The predicted octanol–water partition coefficient (Wildman–Crippen LogP) is 6.36. The molecule has 5 rings (SSSR count). The van der Waals surface area contributed by atoms with E-state index in [4.69, 9.17) is 32.9 Å². The SMILES string of the molecule is COc1c(Cl)cc(-c2nc3ccc4ccccc4c3c3c2CN(C)CC3)cc1Cl. The van der Waals surface area contributed by atoms with Crippen LogP contribution in [-0.2, 0) is 13.0 Å². The van der Waals surface area contributed by atoms with Gasteiger partial charge in [0.05, 0.1) is 28.4 Å². The summed E-state index contributed by atoms with van der Waals surface area (Å²) in [6, 6.07) is 16.6. The fraction of sp³-hybridized carbons (Fsp3) is 0.208. The summed E-state index contributed by atoms with van der Waals surface area (Å²) in [4.78, 5) is 7.43. The Morgan fingerprint density at radius 1 is 1.00 bits per heavy atom. The van der Waals surface area contributed by atoms with Gasteiger partial charge in [0.1, 0.15) is 0 Å². The van der Waals surface area contributed by atoms with Crippen molar-refractivity contribution < 1.29 is 4.74 Å². The van der Waals surface area contributed by atoms with Gasteiger partial charge in [0.2, 0.25) is 0 Å². The fourth-order valence-corrected chi connectivity index (χ4v) is 5.02. The van der Waals surface area contributed by atoms with Crippen molar-refractivity contribution in [2.75, 3.05) is 20.7 Å². The van der Waals surface area contributed by atoms with Crippen LogP contribution in [0.25, 0.3) is 32.9 Å². The van der Waals surface area contributed by atoms with Crippen LogP contribution >= 0.6 is 23.2 Å². The molecule has 1 aliphatic heterocycles. The molecule has 146 valence electrons. The molecule has 1 aromatic heterocycles. The third-order valence-electron chi connectivity index (χ3n) is 5.74. The second kappa shape index (κ2) is 7.17. The van der Waals surface area contributed by atoms with Gasteiger partial charge in [0, 0.05) is 24.0 Å². The molecule has 1 aliphatic rings. The van der Waals surface area contributed by atoms with Crippen molar-refractivity contribution >= 4 is 44.9 Å². The lowest BCUT2D eigenvalue weighted by Crippen LogP contribution is -2.27. The van der Waals surface area contributed by atoms with Crippen LogP contribution in [0.1, 0.15) is 11.1 Å². The van der Waals surface area contributed by atoms with E-state index in [-0.39, 0.29) is 0 Å². The third-order valence-corrected chi connectivity index (χ3v) is 6.30. The van der Waals surface area contributed by atoms with Gasteiger partial charge in [-0.1, -0.05) is 53.5 Å². The third kappa shape index (κ3) is 3.05. The van der Waals surface area contributed by atoms with E-state index in [0.29, 0.717) is 15.8 Å². The van der Waals surface area contributed by atoms with E-state index in [2.05, 4.69) is 48.3 Å². The Morgan fingerprint density at radius 2 is 1.76 bits per heavy atom. The van der Waals surface area contributed by atoms with E-state index in [9.17, 15) is 0 Å². The molecule has 0 saturated carbocycles. The Kier molecular flexibility index (Phi) is 4.62. The molecule has 3 nitrogen and oxygen atoms in total. The minimum atomic E-state index is 0.494. The molecule has 0 unspecified atom stereocenters. The molecule has 0 atom stereocenters. The van der Waals surface area contributed by atoms with Crippen molar-refractivity contribution in [1.82, 2.24) is 9.88 Å². The van der Waals surface area contributed by atoms with Crippen molar-refractivity contribution in [2.24, 2.45) is 0 Å². The second-order valence-electron chi connectivity index (χ2n) is 7.56. The molecule has 5 heteroatoms. The minimum Gasteiger partial charge on any atom is -0.494 e. The summed E-state index contributed by atoms with van der Waals surface area (Å²) in [5.41, 5.74) is 5.50. The number of likely N-dealkylation sites (N-methyl/N-ethyl adjacent to an activating group) is 1. The highest BCUT2D eigenvalue weighted by Gasteiger charge is 2.23. The second-order valence-corrected chi connectivity index (χ2v) is 8.37. The summed E-state index contributed by atoms with van der Waals surface area (Å²) in [6.07, 6.45) is 0.990. The molecule has 0 radical (unpaired) electrons. The van der Waals surface area contributed by atoms with Gasteiger partial charge in [-0.2, -0.15) is 0 Å². The first-order chi connectivity index (χ1) is 14.1. The molecule has 0 amide bonds. The van der Waals surface area contributed by atoms with E-state index >= 15 is 0 Å². The Labute approximate surface area is 179 Å². The predicted molar refractivity (Wildman–Crippen MR) is 121 cm³/mol. The van der Waals surface area contributed by atoms with Crippen LogP contribution in [0.2, 0.25) is 10.0 Å². The molecule has 29 heavy (non-hydrogen) atoms. The van der Waals surface area contributed by atoms with Crippen LogP contribution in [0, 0.1) is 0 Å². The topological polar surface area (TPSA) is 25.4 Å². The Morgan fingerprint density at radius 3 is 2.52 bits per heavy atom. The molecule has 3 aromatic carbocycles. The average molecular weight is 423 g/mol. The first kappa shape index (κ1) is 18.7. The summed E-state index contributed by atoms with van der Waals surface area (Å²) in [5.74, 6) is 0.495. The zero-order chi connectivity index (χ0) is 20.1. The molecule has 4 aromatic rings. The number of methoxy groups -OCH3 is 1. The number of aromatic nitrogens is 1. The monoisotopic (exact) mass is 422 g/mol. The number of rotatable bonds is 2. The first-order valence-electron chi connectivity index (χ1n) is 9.62. The maximum absolute atomic E-state index is 6.45. The Bertz CT molecular complexity index is 1250.